The lowest BCUT2D eigenvalue weighted by Gasteiger charge is -2.06. The predicted octanol–water partition coefficient (Wildman–Crippen LogP) is 2.31. The summed E-state index contributed by atoms with van der Waals surface area (Å²) in [5, 5.41) is 8.38. The number of hydrogen-bond acceptors (Lipinski definition) is 5. The average Bonchev–Trinajstić information content (AvgIpc) is 2.52. The Hall–Kier alpha value is -2.60. The van der Waals surface area contributed by atoms with Gasteiger partial charge in [-0.05, 0) is 23.8 Å². The summed E-state index contributed by atoms with van der Waals surface area (Å²) in [6, 6.07) is 11.1. The lowest BCUT2D eigenvalue weighted by molar-refractivity contribution is 0.240. The Morgan fingerprint density at radius 2 is 2.25 bits per heavy atom. The van der Waals surface area contributed by atoms with Gasteiger partial charge in [-0.2, -0.15) is 0 Å². The van der Waals surface area contributed by atoms with Crippen LogP contribution in [-0.4, -0.2) is 23.6 Å². The predicted molar refractivity (Wildman–Crippen MR) is 74.6 cm³/mol. The minimum absolute atomic E-state index is 0.408. The van der Waals surface area contributed by atoms with Crippen LogP contribution in [0.3, 0.4) is 0 Å². The quantitative estimate of drug-likeness (QED) is 0.480. The molecule has 6 heteroatoms. The van der Waals surface area contributed by atoms with Crippen molar-refractivity contribution in [2.24, 2.45) is 4.99 Å². The molecule has 2 rings (SSSR count). The molecule has 0 aliphatic rings. The van der Waals surface area contributed by atoms with E-state index in [4.69, 9.17) is 14.7 Å². The molecule has 0 unspecified atom stereocenters. The van der Waals surface area contributed by atoms with Crippen LogP contribution in [0.4, 0.5) is 5.69 Å². The summed E-state index contributed by atoms with van der Waals surface area (Å²) < 4.78 is 10.7. The van der Waals surface area contributed by atoms with Crippen LogP contribution in [0.1, 0.15) is 5.56 Å². The van der Waals surface area contributed by atoms with E-state index in [0.717, 1.165) is 17.7 Å². The summed E-state index contributed by atoms with van der Waals surface area (Å²) in [6.07, 6.45) is 2.71. The van der Waals surface area contributed by atoms with Crippen molar-refractivity contribution >= 4 is 12.0 Å². The van der Waals surface area contributed by atoms with E-state index >= 15 is 0 Å². The van der Waals surface area contributed by atoms with Crippen LogP contribution >= 0.6 is 0 Å². The molecule has 0 saturated carbocycles. The summed E-state index contributed by atoms with van der Waals surface area (Å²) >= 11 is 0. The Bertz CT molecular complexity index is 570. The first-order valence-electron chi connectivity index (χ1n) is 5.96. The molecule has 0 saturated heterocycles. The standard InChI is InChI=1S/C14H15N3O3/c1-19-13-4-2-3-11(7-13)9-20-14-6-5-12(8-15-14)16-10-17-18/h2-8,10,18H,9H2,1H3,(H,16,17). The fourth-order valence-electron chi connectivity index (χ4n) is 1.56. The number of aromatic nitrogens is 1. The van der Waals surface area contributed by atoms with Crippen LogP contribution in [0, 0.1) is 0 Å². The summed E-state index contributed by atoms with van der Waals surface area (Å²) in [7, 11) is 1.63. The van der Waals surface area contributed by atoms with Gasteiger partial charge in [0.2, 0.25) is 5.88 Å². The summed E-state index contributed by atoms with van der Waals surface area (Å²) in [5.41, 5.74) is 3.43. The van der Waals surface area contributed by atoms with E-state index in [-0.39, 0.29) is 0 Å². The van der Waals surface area contributed by atoms with Crippen LogP contribution in [0.2, 0.25) is 0 Å². The maximum Gasteiger partial charge on any atom is 0.213 e. The monoisotopic (exact) mass is 273 g/mol. The largest absolute Gasteiger partial charge is 0.497 e. The number of aliphatic imine (C=N–C) groups is 1. The minimum Gasteiger partial charge on any atom is -0.497 e. The summed E-state index contributed by atoms with van der Waals surface area (Å²) in [6.45, 7) is 0.408. The second kappa shape index (κ2) is 7.10. The Morgan fingerprint density at radius 3 is 2.95 bits per heavy atom. The van der Waals surface area contributed by atoms with Gasteiger partial charge in [-0.1, -0.05) is 12.1 Å². The van der Waals surface area contributed by atoms with Crippen molar-refractivity contribution in [1.82, 2.24) is 10.5 Å². The molecule has 0 spiro atoms. The first-order chi connectivity index (χ1) is 9.81. The van der Waals surface area contributed by atoms with Crippen LogP contribution in [0.25, 0.3) is 0 Å². The van der Waals surface area contributed by atoms with E-state index in [1.54, 1.807) is 25.4 Å². The van der Waals surface area contributed by atoms with Crippen LogP contribution in [-0.2, 0) is 6.61 Å². The van der Waals surface area contributed by atoms with Gasteiger partial charge in [0.05, 0.1) is 19.0 Å². The van der Waals surface area contributed by atoms with Crippen molar-refractivity contribution in [2.75, 3.05) is 7.11 Å². The van der Waals surface area contributed by atoms with E-state index in [1.165, 1.54) is 0 Å². The highest BCUT2D eigenvalue weighted by Gasteiger charge is 1.99. The molecule has 6 nitrogen and oxygen atoms in total. The number of ether oxygens (including phenoxy) is 2. The molecular formula is C14H15N3O3. The fraction of sp³-hybridized carbons (Fsp3) is 0.143. The molecular weight excluding hydrogens is 258 g/mol. The third-order valence-corrected chi connectivity index (χ3v) is 2.51. The van der Waals surface area contributed by atoms with Crippen molar-refractivity contribution in [3.63, 3.8) is 0 Å². The van der Waals surface area contributed by atoms with Gasteiger partial charge in [0.15, 0.2) is 0 Å². The van der Waals surface area contributed by atoms with Crippen LogP contribution < -0.4 is 15.0 Å². The molecule has 2 N–H and O–H groups in total. The zero-order valence-electron chi connectivity index (χ0n) is 11.0. The fourth-order valence-corrected chi connectivity index (χ4v) is 1.56. The highest BCUT2D eigenvalue weighted by Crippen LogP contribution is 2.17. The Morgan fingerprint density at radius 1 is 1.35 bits per heavy atom. The third-order valence-electron chi connectivity index (χ3n) is 2.51. The molecule has 0 fully saturated rings. The molecule has 0 radical (unpaired) electrons. The van der Waals surface area contributed by atoms with Gasteiger partial charge in [-0.15, -0.1) is 0 Å². The number of hydroxylamine groups is 1. The molecule has 2 aromatic rings. The van der Waals surface area contributed by atoms with Crippen LogP contribution in [0.5, 0.6) is 11.6 Å². The summed E-state index contributed by atoms with van der Waals surface area (Å²) in [5.74, 6) is 1.30. The number of methoxy groups -OCH3 is 1. The maximum atomic E-state index is 8.38. The van der Waals surface area contributed by atoms with E-state index in [0.29, 0.717) is 18.2 Å². The second-order valence-electron chi connectivity index (χ2n) is 3.88. The van der Waals surface area contributed by atoms with Gasteiger partial charge in [0.25, 0.3) is 0 Å². The van der Waals surface area contributed by atoms with Gasteiger partial charge in [-0.25, -0.2) is 9.98 Å². The van der Waals surface area contributed by atoms with E-state index in [9.17, 15) is 0 Å². The van der Waals surface area contributed by atoms with Crippen molar-refractivity contribution < 1.29 is 14.7 Å². The molecule has 20 heavy (non-hydrogen) atoms. The van der Waals surface area contributed by atoms with Crippen molar-refractivity contribution in [3.8, 4) is 11.6 Å². The molecule has 0 atom stereocenters. The molecule has 104 valence electrons. The molecule has 1 aromatic heterocycles. The van der Waals surface area contributed by atoms with Crippen molar-refractivity contribution in [2.45, 2.75) is 6.61 Å². The smallest absolute Gasteiger partial charge is 0.213 e. The van der Waals surface area contributed by atoms with Gasteiger partial charge >= 0.3 is 0 Å². The minimum atomic E-state index is 0.408. The number of nitrogens with zero attached hydrogens (tertiary/aromatic N) is 2. The lowest BCUT2D eigenvalue weighted by atomic mass is 10.2. The number of hydrogen-bond donors (Lipinski definition) is 2. The molecule has 0 aliphatic heterocycles. The van der Waals surface area contributed by atoms with Crippen molar-refractivity contribution in [1.29, 1.82) is 0 Å². The zero-order valence-corrected chi connectivity index (χ0v) is 11.0. The maximum absolute atomic E-state index is 8.38. The Labute approximate surface area is 116 Å². The molecule has 0 bridgehead atoms. The lowest BCUT2D eigenvalue weighted by Crippen LogP contribution is -2.01. The van der Waals surface area contributed by atoms with E-state index in [2.05, 4.69) is 9.98 Å². The van der Waals surface area contributed by atoms with Crippen LogP contribution in [0.15, 0.2) is 47.6 Å². The van der Waals surface area contributed by atoms with E-state index < -0.39 is 0 Å². The second-order valence-corrected chi connectivity index (χ2v) is 3.88. The average molecular weight is 273 g/mol. The Balaban J connectivity index is 1.94. The highest BCUT2D eigenvalue weighted by molar-refractivity contribution is 5.59. The number of nitrogens with one attached hydrogen (secondary N) is 1. The normalized spacial score (nSPS) is 10.5. The van der Waals surface area contributed by atoms with Gasteiger partial charge in [-0.3, -0.25) is 10.7 Å². The molecule has 0 aliphatic carbocycles. The SMILES string of the molecule is COc1cccc(COc2ccc(N=CNO)cn2)c1. The Kier molecular flexibility index (Phi) is 4.91. The molecule has 1 heterocycles. The number of rotatable bonds is 6. The zero-order chi connectivity index (χ0) is 14.2. The third kappa shape index (κ3) is 3.96. The summed E-state index contributed by atoms with van der Waals surface area (Å²) in [4.78, 5) is 8.00. The molecule has 1 aromatic carbocycles. The van der Waals surface area contributed by atoms with Gasteiger partial charge in [0, 0.05) is 6.07 Å². The van der Waals surface area contributed by atoms with Crippen molar-refractivity contribution in [3.05, 3.63) is 48.2 Å². The first kappa shape index (κ1) is 13.8. The topological polar surface area (TPSA) is 76.0 Å². The van der Waals surface area contributed by atoms with E-state index in [1.807, 2.05) is 29.7 Å². The highest BCUT2D eigenvalue weighted by atomic mass is 16.5. The van der Waals surface area contributed by atoms with Gasteiger partial charge in [0.1, 0.15) is 18.7 Å². The number of benzene rings is 1. The first-order valence-corrected chi connectivity index (χ1v) is 5.96. The number of pyridine rings is 1. The molecule has 0 amide bonds. The van der Waals surface area contributed by atoms with Gasteiger partial charge < -0.3 is 9.47 Å².